The highest BCUT2D eigenvalue weighted by Crippen LogP contribution is 2.21. The van der Waals surface area contributed by atoms with E-state index in [0.717, 1.165) is 31.4 Å². The zero-order valence-electron chi connectivity index (χ0n) is 11.7. The quantitative estimate of drug-likeness (QED) is 0.522. The Balaban J connectivity index is 2.77. The van der Waals surface area contributed by atoms with Crippen molar-refractivity contribution in [3.8, 4) is 0 Å². The molecule has 1 heterocycles. The molecule has 0 saturated heterocycles. The molecule has 0 aromatic carbocycles. The Kier molecular flexibility index (Phi) is 6.93. The lowest BCUT2D eigenvalue weighted by Crippen LogP contribution is -2.38. The van der Waals surface area contributed by atoms with Gasteiger partial charge >= 0.3 is 0 Å². The molecule has 2 atom stereocenters. The maximum atomic E-state index is 5.78. The van der Waals surface area contributed by atoms with Crippen LogP contribution in [0.5, 0.6) is 0 Å². The Bertz CT molecular complexity index is 321. The van der Waals surface area contributed by atoms with E-state index in [1.807, 2.05) is 17.8 Å². The third-order valence-electron chi connectivity index (χ3n) is 2.97. The van der Waals surface area contributed by atoms with Crippen molar-refractivity contribution >= 4 is 0 Å². The van der Waals surface area contributed by atoms with Crippen LogP contribution in [0.15, 0.2) is 12.4 Å². The lowest BCUT2D eigenvalue weighted by molar-refractivity contribution is 0.0276. The van der Waals surface area contributed by atoms with E-state index >= 15 is 0 Å². The van der Waals surface area contributed by atoms with Crippen LogP contribution < -0.4 is 11.3 Å². The van der Waals surface area contributed by atoms with Gasteiger partial charge in [-0.25, -0.2) is 0 Å². The zero-order valence-corrected chi connectivity index (χ0v) is 11.7. The third-order valence-corrected chi connectivity index (χ3v) is 2.97. The number of hydrogen-bond donors (Lipinski definition) is 2. The monoisotopic (exact) mass is 254 g/mol. The van der Waals surface area contributed by atoms with E-state index in [1.54, 1.807) is 0 Å². The van der Waals surface area contributed by atoms with Crippen molar-refractivity contribution in [1.29, 1.82) is 0 Å². The Hall–Kier alpha value is -0.910. The normalized spacial score (nSPS) is 14.7. The van der Waals surface area contributed by atoms with Crippen LogP contribution in [0.1, 0.15) is 51.6 Å². The van der Waals surface area contributed by atoms with Crippen LogP contribution >= 0.6 is 0 Å². The molecule has 3 N–H and O–H groups in total. The van der Waals surface area contributed by atoms with E-state index < -0.39 is 0 Å². The lowest BCUT2D eigenvalue weighted by Gasteiger charge is -2.25. The maximum absolute atomic E-state index is 5.78. The number of nitrogens with one attached hydrogen (secondary N) is 1. The molecule has 0 fully saturated rings. The molecule has 2 unspecified atom stereocenters. The lowest BCUT2D eigenvalue weighted by atomic mass is 10.0. The number of aromatic nitrogens is 2. The molecule has 0 aliphatic heterocycles. The summed E-state index contributed by atoms with van der Waals surface area (Å²) in [6.45, 7) is 7.94. The van der Waals surface area contributed by atoms with E-state index in [-0.39, 0.29) is 12.1 Å². The molecule has 0 aliphatic carbocycles. The Morgan fingerprint density at radius 1 is 1.39 bits per heavy atom. The number of nitrogens with zero attached hydrogens (tertiary/aromatic N) is 2. The van der Waals surface area contributed by atoms with Crippen molar-refractivity contribution in [2.45, 2.75) is 58.7 Å². The summed E-state index contributed by atoms with van der Waals surface area (Å²) in [5.41, 5.74) is 3.96. The second-order valence-corrected chi connectivity index (χ2v) is 4.46. The molecule has 0 spiro atoms. The summed E-state index contributed by atoms with van der Waals surface area (Å²) in [5.74, 6) is 5.68. The molecule has 0 aliphatic rings. The van der Waals surface area contributed by atoms with E-state index in [1.165, 1.54) is 0 Å². The largest absolute Gasteiger partial charge is 0.376 e. The summed E-state index contributed by atoms with van der Waals surface area (Å²) in [5, 5.41) is 4.34. The molecule has 0 amide bonds. The van der Waals surface area contributed by atoms with Crippen LogP contribution in [0.2, 0.25) is 0 Å². The predicted octanol–water partition coefficient (Wildman–Crippen LogP) is 2.00. The van der Waals surface area contributed by atoms with Crippen molar-refractivity contribution in [2.24, 2.45) is 5.84 Å². The van der Waals surface area contributed by atoms with Crippen molar-refractivity contribution in [3.05, 3.63) is 18.0 Å². The fourth-order valence-corrected chi connectivity index (χ4v) is 2.15. The zero-order chi connectivity index (χ0) is 13.4. The molecule has 0 bridgehead atoms. The molecule has 104 valence electrons. The first-order valence-corrected chi connectivity index (χ1v) is 6.86. The van der Waals surface area contributed by atoms with Crippen LogP contribution in [0, 0.1) is 0 Å². The van der Waals surface area contributed by atoms with Gasteiger partial charge in [-0.05, 0) is 19.8 Å². The topological polar surface area (TPSA) is 65.1 Å². The standard InChI is InChI=1S/C13H26N4O/c1-4-7-12(18-6-3)13(16-14)11-9-15-17(10-11)8-5-2/h9-10,12-13,16H,4-8,14H2,1-3H3. The predicted molar refractivity (Wildman–Crippen MR) is 72.9 cm³/mol. The number of hydrazine groups is 1. The highest BCUT2D eigenvalue weighted by atomic mass is 16.5. The van der Waals surface area contributed by atoms with E-state index in [9.17, 15) is 0 Å². The van der Waals surface area contributed by atoms with E-state index in [2.05, 4.69) is 30.6 Å². The van der Waals surface area contributed by atoms with Crippen LogP contribution in [0.4, 0.5) is 0 Å². The molecule has 0 radical (unpaired) electrons. The van der Waals surface area contributed by atoms with Gasteiger partial charge in [0.15, 0.2) is 0 Å². The molecule has 0 saturated carbocycles. The molecule has 5 heteroatoms. The summed E-state index contributed by atoms with van der Waals surface area (Å²) in [4.78, 5) is 0. The van der Waals surface area contributed by atoms with Gasteiger partial charge in [0, 0.05) is 24.9 Å². The highest BCUT2D eigenvalue weighted by Gasteiger charge is 2.23. The Morgan fingerprint density at radius 3 is 2.72 bits per heavy atom. The Labute approximate surface area is 110 Å². The average Bonchev–Trinajstić information content (AvgIpc) is 2.80. The molecule has 18 heavy (non-hydrogen) atoms. The minimum Gasteiger partial charge on any atom is -0.376 e. The molecular formula is C13H26N4O. The van der Waals surface area contributed by atoms with Crippen molar-refractivity contribution in [1.82, 2.24) is 15.2 Å². The second kappa shape index (κ2) is 8.24. The van der Waals surface area contributed by atoms with Gasteiger partial charge in [-0.2, -0.15) is 5.10 Å². The molecule has 1 rings (SSSR count). The van der Waals surface area contributed by atoms with Gasteiger partial charge in [-0.1, -0.05) is 20.3 Å². The first-order chi connectivity index (χ1) is 8.76. The molecular weight excluding hydrogens is 228 g/mol. The number of hydrogen-bond acceptors (Lipinski definition) is 4. The summed E-state index contributed by atoms with van der Waals surface area (Å²) in [6.07, 6.45) is 7.17. The summed E-state index contributed by atoms with van der Waals surface area (Å²) < 4.78 is 7.73. The first kappa shape index (κ1) is 15.1. The third kappa shape index (κ3) is 4.08. The number of ether oxygens (including phenoxy) is 1. The van der Waals surface area contributed by atoms with Gasteiger partial charge in [0.1, 0.15) is 0 Å². The average molecular weight is 254 g/mol. The summed E-state index contributed by atoms with van der Waals surface area (Å²) in [6, 6.07) is 0.00973. The van der Waals surface area contributed by atoms with Crippen LogP contribution in [0.25, 0.3) is 0 Å². The molecule has 1 aromatic heterocycles. The second-order valence-electron chi connectivity index (χ2n) is 4.46. The SMILES string of the molecule is CCCC(OCC)C(NN)c1cnn(CCC)c1. The van der Waals surface area contributed by atoms with E-state index in [0.29, 0.717) is 6.61 Å². The number of rotatable bonds is 9. The summed E-state index contributed by atoms with van der Waals surface area (Å²) in [7, 11) is 0. The minimum atomic E-state index is 0.00973. The smallest absolute Gasteiger partial charge is 0.0783 e. The van der Waals surface area contributed by atoms with Crippen molar-refractivity contribution in [3.63, 3.8) is 0 Å². The van der Waals surface area contributed by atoms with E-state index in [4.69, 9.17) is 10.6 Å². The highest BCUT2D eigenvalue weighted by molar-refractivity contribution is 5.12. The van der Waals surface area contributed by atoms with Gasteiger partial charge in [0.05, 0.1) is 18.3 Å². The van der Waals surface area contributed by atoms with Gasteiger partial charge in [0.2, 0.25) is 0 Å². The molecule has 1 aromatic rings. The first-order valence-electron chi connectivity index (χ1n) is 6.86. The van der Waals surface area contributed by atoms with Gasteiger partial charge in [-0.3, -0.25) is 16.0 Å². The van der Waals surface area contributed by atoms with Crippen LogP contribution in [-0.2, 0) is 11.3 Å². The minimum absolute atomic E-state index is 0.00973. The van der Waals surface area contributed by atoms with Crippen molar-refractivity contribution < 1.29 is 4.74 Å². The van der Waals surface area contributed by atoms with Crippen molar-refractivity contribution in [2.75, 3.05) is 6.61 Å². The fraction of sp³-hybridized carbons (Fsp3) is 0.769. The fourth-order valence-electron chi connectivity index (χ4n) is 2.15. The van der Waals surface area contributed by atoms with Gasteiger partial charge in [0.25, 0.3) is 0 Å². The van der Waals surface area contributed by atoms with Gasteiger partial charge in [-0.15, -0.1) is 0 Å². The van der Waals surface area contributed by atoms with Crippen LogP contribution in [0.3, 0.4) is 0 Å². The summed E-state index contributed by atoms with van der Waals surface area (Å²) >= 11 is 0. The maximum Gasteiger partial charge on any atom is 0.0783 e. The molecule has 5 nitrogen and oxygen atoms in total. The Morgan fingerprint density at radius 2 is 2.17 bits per heavy atom. The number of aryl methyl sites for hydroxylation is 1. The van der Waals surface area contributed by atoms with Crippen LogP contribution in [-0.4, -0.2) is 22.5 Å². The number of nitrogens with two attached hydrogens (primary N) is 1. The van der Waals surface area contributed by atoms with Gasteiger partial charge < -0.3 is 4.74 Å².